The van der Waals surface area contributed by atoms with E-state index in [1.807, 2.05) is 11.0 Å². The largest absolute Gasteiger partial charge is 0.506 e. The molecule has 0 aliphatic rings. The number of phenols is 1. The summed E-state index contributed by atoms with van der Waals surface area (Å²) in [7, 11) is 0. The summed E-state index contributed by atoms with van der Waals surface area (Å²) >= 11 is 0. The Bertz CT molecular complexity index is 1030. The van der Waals surface area contributed by atoms with E-state index in [0.717, 1.165) is 5.39 Å². The second-order valence-corrected chi connectivity index (χ2v) is 6.52. The van der Waals surface area contributed by atoms with Crippen molar-refractivity contribution in [1.29, 1.82) is 0 Å². The highest BCUT2D eigenvalue weighted by Crippen LogP contribution is 2.21. The molecule has 0 unspecified atom stereocenters. The zero-order valence-electron chi connectivity index (χ0n) is 16.3. The number of aliphatic hydroxyl groups excluding tert-OH is 2. The van der Waals surface area contributed by atoms with E-state index in [1.54, 1.807) is 42.5 Å². The quantitative estimate of drug-likeness (QED) is 0.305. The van der Waals surface area contributed by atoms with Crippen LogP contribution in [0.3, 0.4) is 0 Å². The van der Waals surface area contributed by atoms with Crippen molar-refractivity contribution < 1.29 is 20.1 Å². The molecule has 0 bridgehead atoms. The van der Waals surface area contributed by atoms with E-state index >= 15 is 0 Å². The molecule has 0 saturated heterocycles. The smallest absolute Gasteiger partial charge is 0.289 e. The van der Waals surface area contributed by atoms with Gasteiger partial charge in [0.05, 0.1) is 30.8 Å². The van der Waals surface area contributed by atoms with Gasteiger partial charge in [-0.25, -0.2) is 15.4 Å². The average molecular weight is 409 g/mol. The molecule has 3 aromatic rings. The van der Waals surface area contributed by atoms with Gasteiger partial charge in [0.2, 0.25) is 0 Å². The first-order chi connectivity index (χ1) is 14.6. The Morgan fingerprint density at radius 2 is 1.80 bits per heavy atom. The van der Waals surface area contributed by atoms with Crippen LogP contribution < -0.4 is 5.43 Å². The molecule has 0 fully saturated rings. The number of rotatable bonds is 9. The van der Waals surface area contributed by atoms with Crippen LogP contribution in [0.4, 0.5) is 0 Å². The molecule has 9 nitrogen and oxygen atoms in total. The maximum atomic E-state index is 12.3. The zero-order valence-corrected chi connectivity index (χ0v) is 16.3. The summed E-state index contributed by atoms with van der Waals surface area (Å²) in [5, 5.41) is 32.8. The van der Waals surface area contributed by atoms with Gasteiger partial charge >= 0.3 is 0 Å². The number of aromatic hydroxyl groups is 1. The molecule has 3 rings (SSSR count). The summed E-state index contributed by atoms with van der Waals surface area (Å²) in [6, 6.07) is 13.7. The normalized spacial score (nSPS) is 11.4. The van der Waals surface area contributed by atoms with Crippen molar-refractivity contribution in [2.24, 2.45) is 5.10 Å². The minimum atomic E-state index is -0.479. The first-order valence-electron chi connectivity index (χ1n) is 9.43. The molecule has 1 aromatic carbocycles. The molecule has 0 spiro atoms. The van der Waals surface area contributed by atoms with Gasteiger partial charge in [-0.2, -0.15) is 5.10 Å². The van der Waals surface area contributed by atoms with E-state index in [1.165, 1.54) is 6.21 Å². The molecule has 0 saturated carbocycles. The van der Waals surface area contributed by atoms with Gasteiger partial charge in [-0.15, -0.1) is 0 Å². The van der Waals surface area contributed by atoms with Crippen LogP contribution in [0, 0.1) is 0 Å². The highest BCUT2D eigenvalue weighted by atomic mass is 16.3. The lowest BCUT2D eigenvalue weighted by atomic mass is 10.2. The third-order valence-electron chi connectivity index (χ3n) is 4.34. The molecule has 4 N–H and O–H groups in total. The van der Waals surface area contributed by atoms with E-state index < -0.39 is 5.91 Å². The molecule has 1 amide bonds. The number of nitrogens with one attached hydrogen (secondary N) is 1. The van der Waals surface area contributed by atoms with Crippen LogP contribution in [0.5, 0.6) is 5.75 Å². The van der Waals surface area contributed by atoms with Gasteiger partial charge in [-0.05, 0) is 24.3 Å². The average Bonchev–Trinajstić information content (AvgIpc) is 2.75. The van der Waals surface area contributed by atoms with E-state index in [4.69, 9.17) is 10.2 Å². The topological polar surface area (TPSA) is 131 Å². The number of nitrogens with zero attached hydrogens (tertiary/aromatic N) is 4. The molecule has 0 aliphatic heterocycles. The summed E-state index contributed by atoms with van der Waals surface area (Å²) in [4.78, 5) is 22.8. The summed E-state index contributed by atoms with van der Waals surface area (Å²) < 4.78 is 0. The van der Waals surface area contributed by atoms with Crippen LogP contribution in [0.15, 0.2) is 53.6 Å². The first kappa shape index (κ1) is 21.3. The molecule has 0 atom stereocenters. The Kier molecular flexibility index (Phi) is 7.39. The number of carbonyl (C=O) groups excluding carboxylic acids is 1. The van der Waals surface area contributed by atoms with Crippen molar-refractivity contribution in [3.05, 3.63) is 65.6 Å². The number of carbonyl (C=O) groups is 1. The van der Waals surface area contributed by atoms with Crippen molar-refractivity contribution in [3.8, 4) is 5.75 Å². The molecular weight excluding hydrogens is 386 g/mol. The second-order valence-electron chi connectivity index (χ2n) is 6.52. The van der Waals surface area contributed by atoms with Crippen molar-refractivity contribution >= 4 is 23.0 Å². The summed E-state index contributed by atoms with van der Waals surface area (Å²) in [6.07, 6.45) is 1.39. The molecule has 9 heteroatoms. The van der Waals surface area contributed by atoms with Gasteiger partial charge in [0.25, 0.3) is 5.91 Å². The fraction of sp³-hybridized carbons (Fsp3) is 0.238. The summed E-state index contributed by atoms with van der Waals surface area (Å²) in [5.74, 6) is -0.406. The van der Waals surface area contributed by atoms with Crippen LogP contribution >= 0.6 is 0 Å². The number of aliphatic hydroxyl groups is 2. The first-order valence-corrected chi connectivity index (χ1v) is 9.43. The Labute approximate surface area is 173 Å². The van der Waals surface area contributed by atoms with Crippen LogP contribution in [-0.4, -0.2) is 68.6 Å². The molecule has 0 aliphatic carbocycles. The highest BCUT2D eigenvalue weighted by Gasteiger charge is 2.10. The number of hydrogen-bond acceptors (Lipinski definition) is 8. The van der Waals surface area contributed by atoms with Crippen molar-refractivity contribution in [1.82, 2.24) is 20.3 Å². The van der Waals surface area contributed by atoms with Gasteiger partial charge in [-0.3, -0.25) is 9.69 Å². The number of benzene rings is 1. The third kappa shape index (κ3) is 5.57. The Hall–Kier alpha value is -3.40. The minimum Gasteiger partial charge on any atom is -0.506 e. The zero-order chi connectivity index (χ0) is 21.3. The fourth-order valence-corrected chi connectivity index (χ4v) is 2.91. The molecule has 0 radical (unpaired) electrons. The van der Waals surface area contributed by atoms with Crippen molar-refractivity contribution in [3.63, 3.8) is 0 Å². The number of aromatic nitrogens is 2. The number of hydrazone groups is 1. The Morgan fingerprint density at radius 3 is 2.57 bits per heavy atom. The van der Waals surface area contributed by atoms with E-state index in [0.29, 0.717) is 36.5 Å². The lowest BCUT2D eigenvalue weighted by Gasteiger charge is -2.19. The number of hydrogen-bond donors (Lipinski definition) is 4. The van der Waals surface area contributed by atoms with Gasteiger partial charge in [0, 0.05) is 25.0 Å². The SMILES string of the molecule is O=C(N/N=C/c1ccc2cccc(O)c2n1)c1cccc(CN(CCO)CCO)n1. The summed E-state index contributed by atoms with van der Waals surface area (Å²) in [6.45, 7) is 1.13. The highest BCUT2D eigenvalue weighted by molar-refractivity contribution is 5.93. The number of amides is 1. The van der Waals surface area contributed by atoms with Crippen LogP contribution in [-0.2, 0) is 6.54 Å². The monoisotopic (exact) mass is 409 g/mol. The predicted molar refractivity (Wildman–Crippen MR) is 112 cm³/mol. The van der Waals surface area contributed by atoms with E-state index in [9.17, 15) is 9.90 Å². The Morgan fingerprint density at radius 1 is 1.03 bits per heavy atom. The van der Waals surface area contributed by atoms with Gasteiger partial charge < -0.3 is 15.3 Å². The number of fused-ring (bicyclic) bond motifs is 1. The lowest BCUT2D eigenvalue weighted by Crippen LogP contribution is -2.30. The van der Waals surface area contributed by atoms with Crippen molar-refractivity contribution in [2.75, 3.05) is 26.3 Å². The minimum absolute atomic E-state index is 0.0323. The fourth-order valence-electron chi connectivity index (χ4n) is 2.91. The number of phenolic OH excluding ortho intramolecular Hbond substituents is 1. The molecule has 30 heavy (non-hydrogen) atoms. The van der Waals surface area contributed by atoms with Gasteiger partial charge in [0.15, 0.2) is 0 Å². The molecule has 2 aromatic heterocycles. The van der Waals surface area contributed by atoms with Crippen LogP contribution in [0.2, 0.25) is 0 Å². The Balaban J connectivity index is 1.65. The number of pyridine rings is 2. The van der Waals surface area contributed by atoms with Crippen molar-refractivity contribution in [2.45, 2.75) is 6.54 Å². The van der Waals surface area contributed by atoms with E-state index in [-0.39, 0.29) is 24.7 Å². The molecule has 2 heterocycles. The maximum Gasteiger partial charge on any atom is 0.289 e. The van der Waals surface area contributed by atoms with E-state index in [2.05, 4.69) is 20.5 Å². The lowest BCUT2D eigenvalue weighted by molar-refractivity contribution is 0.0949. The van der Waals surface area contributed by atoms with Crippen LogP contribution in [0.25, 0.3) is 10.9 Å². The number of para-hydroxylation sites is 1. The molecular formula is C21H23N5O4. The second kappa shape index (κ2) is 10.4. The summed E-state index contributed by atoms with van der Waals surface area (Å²) in [5.41, 5.74) is 4.19. The predicted octanol–water partition coefficient (Wildman–Crippen LogP) is 0.886. The molecule has 156 valence electrons. The maximum absolute atomic E-state index is 12.3. The third-order valence-corrected chi connectivity index (χ3v) is 4.34. The van der Waals surface area contributed by atoms with Gasteiger partial charge in [0.1, 0.15) is 17.0 Å². The van der Waals surface area contributed by atoms with Gasteiger partial charge in [-0.1, -0.05) is 24.3 Å². The standard InChI is InChI=1S/C21H23N5O4/c27-11-9-26(10-12-28)14-17-4-2-5-18(23-17)21(30)25-22-13-16-8-7-15-3-1-6-19(29)20(15)24-16/h1-8,13,27-29H,9-12,14H2,(H,25,30)/b22-13+. The van der Waals surface area contributed by atoms with Crippen LogP contribution in [0.1, 0.15) is 21.9 Å².